The fourth-order valence-corrected chi connectivity index (χ4v) is 6.98. The average molecular weight is 600 g/mol. The number of hydrogen-bond donors (Lipinski definition) is 0. The van der Waals surface area contributed by atoms with Crippen LogP contribution in [0.2, 0.25) is 0 Å². The summed E-state index contributed by atoms with van der Waals surface area (Å²) in [6, 6.07) is 52.5. The molecule has 0 aliphatic carbocycles. The van der Waals surface area contributed by atoms with E-state index < -0.39 is 0 Å². The molecular formula is C43H25N3O. The molecule has 0 aliphatic rings. The van der Waals surface area contributed by atoms with Crippen LogP contribution in [0.3, 0.4) is 0 Å². The van der Waals surface area contributed by atoms with Gasteiger partial charge in [-0.05, 0) is 53.2 Å². The third-order valence-electron chi connectivity index (χ3n) is 9.27. The number of aromatic nitrogens is 3. The van der Waals surface area contributed by atoms with E-state index in [2.05, 4.69) is 115 Å². The van der Waals surface area contributed by atoms with Crippen molar-refractivity contribution in [3.8, 4) is 33.8 Å². The maximum absolute atomic E-state index is 6.28. The van der Waals surface area contributed by atoms with Crippen molar-refractivity contribution in [3.63, 3.8) is 0 Å². The fourth-order valence-electron chi connectivity index (χ4n) is 6.98. The van der Waals surface area contributed by atoms with Crippen LogP contribution in [0.1, 0.15) is 0 Å². The highest BCUT2D eigenvalue weighted by Crippen LogP contribution is 2.38. The van der Waals surface area contributed by atoms with Crippen LogP contribution in [-0.2, 0) is 0 Å². The van der Waals surface area contributed by atoms with E-state index in [1.54, 1.807) is 0 Å². The van der Waals surface area contributed by atoms with Crippen LogP contribution >= 0.6 is 0 Å². The highest BCUT2D eigenvalue weighted by molar-refractivity contribution is 6.15. The normalized spacial score (nSPS) is 11.8. The van der Waals surface area contributed by atoms with Crippen LogP contribution in [0.25, 0.3) is 99.2 Å². The molecule has 4 heteroatoms. The minimum Gasteiger partial charge on any atom is -0.455 e. The molecule has 4 heterocycles. The number of furan rings is 1. The van der Waals surface area contributed by atoms with Gasteiger partial charge in [-0.15, -0.1) is 0 Å². The van der Waals surface area contributed by atoms with E-state index in [1.165, 1.54) is 0 Å². The Morgan fingerprint density at radius 1 is 0.362 bits per heavy atom. The van der Waals surface area contributed by atoms with Crippen molar-refractivity contribution in [1.29, 1.82) is 0 Å². The van der Waals surface area contributed by atoms with Crippen LogP contribution in [0.15, 0.2) is 156 Å². The topological polar surface area (TPSA) is 51.8 Å². The Kier molecular flexibility index (Phi) is 5.54. The van der Waals surface area contributed by atoms with Gasteiger partial charge < -0.3 is 4.42 Å². The molecule has 10 rings (SSSR count). The summed E-state index contributed by atoms with van der Waals surface area (Å²) in [7, 11) is 0. The quantitative estimate of drug-likeness (QED) is 0.190. The van der Waals surface area contributed by atoms with E-state index in [4.69, 9.17) is 19.4 Å². The highest BCUT2D eigenvalue weighted by atomic mass is 16.3. The Hall–Kier alpha value is -6.39. The molecule has 47 heavy (non-hydrogen) atoms. The Labute approximate surface area is 269 Å². The molecule has 0 unspecified atom stereocenters. The van der Waals surface area contributed by atoms with Gasteiger partial charge in [-0.1, -0.05) is 109 Å². The van der Waals surface area contributed by atoms with E-state index in [0.29, 0.717) is 0 Å². The molecule has 218 valence electrons. The Balaban J connectivity index is 1.12. The SMILES string of the molecule is c1ccc(-c2ccc3ccc4ccc(-c5cccc6c(-c7ccc8c(ccc9c%10ccccc%10oc89)n7)cccc56)nc4c3n2)cc1. The maximum atomic E-state index is 6.28. The number of hydrogen-bond acceptors (Lipinski definition) is 4. The van der Waals surface area contributed by atoms with Crippen LogP contribution < -0.4 is 0 Å². The first-order valence-corrected chi connectivity index (χ1v) is 15.8. The van der Waals surface area contributed by atoms with Crippen molar-refractivity contribution in [3.05, 3.63) is 152 Å². The van der Waals surface area contributed by atoms with E-state index in [9.17, 15) is 0 Å². The minimum absolute atomic E-state index is 0.878. The first-order chi connectivity index (χ1) is 23.3. The van der Waals surface area contributed by atoms with Gasteiger partial charge in [-0.3, -0.25) is 0 Å². The summed E-state index contributed by atoms with van der Waals surface area (Å²) in [5.74, 6) is 0. The third kappa shape index (κ3) is 4.05. The minimum atomic E-state index is 0.878. The summed E-state index contributed by atoms with van der Waals surface area (Å²) in [4.78, 5) is 15.5. The predicted molar refractivity (Wildman–Crippen MR) is 193 cm³/mol. The second-order valence-electron chi connectivity index (χ2n) is 12.0. The maximum Gasteiger partial charge on any atom is 0.144 e. The van der Waals surface area contributed by atoms with E-state index in [1.807, 2.05) is 36.4 Å². The number of nitrogens with zero attached hydrogens (tertiary/aromatic N) is 3. The summed E-state index contributed by atoms with van der Waals surface area (Å²) >= 11 is 0. The van der Waals surface area contributed by atoms with Crippen LogP contribution in [-0.4, -0.2) is 15.0 Å². The molecule has 10 aromatic rings. The molecule has 4 aromatic heterocycles. The van der Waals surface area contributed by atoms with Gasteiger partial charge in [0.2, 0.25) is 0 Å². The Morgan fingerprint density at radius 3 is 1.70 bits per heavy atom. The lowest BCUT2D eigenvalue weighted by molar-refractivity contribution is 0.672. The molecule has 0 saturated heterocycles. The molecule has 0 saturated carbocycles. The average Bonchev–Trinajstić information content (AvgIpc) is 3.53. The molecular weight excluding hydrogens is 574 g/mol. The van der Waals surface area contributed by atoms with Gasteiger partial charge in [0.25, 0.3) is 0 Å². The second kappa shape index (κ2) is 10.1. The highest BCUT2D eigenvalue weighted by Gasteiger charge is 2.15. The molecule has 0 N–H and O–H groups in total. The van der Waals surface area contributed by atoms with Crippen molar-refractivity contribution in [1.82, 2.24) is 15.0 Å². The van der Waals surface area contributed by atoms with Crippen molar-refractivity contribution >= 4 is 65.4 Å². The van der Waals surface area contributed by atoms with Crippen LogP contribution in [0, 0.1) is 0 Å². The lowest BCUT2D eigenvalue weighted by Crippen LogP contribution is -1.92. The number of rotatable bonds is 3. The third-order valence-corrected chi connectivity index (χ3v) is 9.27. The Bertz CT molecular complexity index is 2850. The zero-order chi connectivity index (χ0) is 30.9. The predicted octanol–water partition coefficient (Wildman–Crippen LogP) is 11.4. The fraction of sp³-hybridized carbons (Fsp3) is 0. The summed E-state index contributed by atoms with van der Waals surface area (Å²) in [6.45, 7) is 0. The number of para-hydroxylation sites is 1. The van der Waals surface area contributed by atoms with Gasteiger partial charge in [-0.25, -0.2) is 15.0 Å². The zero-order valence-corrected chi connectivity index (χ0v) is 25.2. The number of fused-ring (bicyclic) bond motifs is 9. The second-order valence-corrected chi connectivity index (χ2v) is 12.0. The standard InChI is InChI=1S/C43H25N3O/c1-2-8-26(9-3-1)36-22-18-27-16-17-28-19-23-38(46-42(28)41(27)45-36)32-14-7-11-29-30(32)12-6-13-31(29)37-25-21-35-39(44-37)24-20-34-33-10-4-5-15-40(33)47-43(34)35/h1-25H. The monoisotopic (exact) mass is 599 g/mol. The van der Waals surface area contributed by atoms with Gasteiger partial charge >= 0.3 is 0 Å². The first kappa shape index (κ1) is 25.9. The molecule has 0 bridgehead atoms. The van der Waals surface area contributed by atoms with E-state index in [0.717, 1.165) is 99.2 Å². The smallest absolute Gasteiger partial charge is 0.144 e. The molecule has 0 atom stereocenters. The van der Waals surface area contributed by atoms with Gasteiger partial charge in [0.05, 0.1) is 33.6 Å². The molecule has 0 radical (unpaired) electrons. The van der Waals surface area contributed by atoms with Gasteiger partial charge in [0.15, 0.2) is 0 Å². The lowest BCUT2D eigenvalue weighted by atomic mass is 9.95. The van der Waals surface area contributed by atoms with Crippen molar-refractivity contribution < 1.29 is 4.42 Å². The summed E-state index contributed by atoms with van der Waals surface area (Å²) in [6.07, 6.45) is 0. The van der Waals surface area contributed by atoms with Crippen molar-refractivity contribution in [2.24, 2.45) is 0 Å². The molecule has 0 amide bonds. The van der Waals surface area contributed by atoms with Crippen LogP contribution in [0.4, 0.5) is 0 Å². The van der Waals surface area contributed by atoms with E-state index in [-0.39, 0.29) is 0 Å². The number of pyridine rings is 3. The largest absolute Gasteiger partial charge is 0.455 e. The van der Waals surface area contributed by atoms with Crippen molar-refractivity contribution in [2.45, 2.75) is 0 Å². The molecule has 4 nitrogen and oxygen atoms in total. The van der Waals surface area contributed by atoms with E-state index >= 15 is 0 Å². The lowest BCUT2D eigenvalue weighted by Gasteiger charge is -2.12. The van der Waals surface area contributed by atoms with Crippen LogP contribution in [0.5, 0.6) is 0 Å². The Morgan fingerprint density at radius 2 is 0.936 bits per heavy atom. The summed E-state index contributed by atoms with van der Waals surface area (Å²) in [5.41, 5.74) is 10.5. The molecule has 0 aliphatic heterocycles. The number of benzene rings is 6. The van der Waals surface area contributed by atoms with Gasteiger partial charge in [0.1, 0.15) is 11.2 Å². The molecule has 0 fully saturated rings. The van der Waals surface area contributed by atoms with Gasteiger partial charge in [0, 0.05) is 43.6 Å². The zero-order valence-electron chi connectivity index (χ0n) is 25.2. The van der Waals surface area contributed by atoms with Crippen molar-refractivity contribution in [2.75, 3.05) is 0 Å². The summed E-state index contributed by atoms with van der Waals surface area (Å²) < 4.78 is 6.28. The first-order valence-electron chi connectivity index (χ1n) is 15.8. The molecule has 6 aromatic carbocycles. The summed E-state index contributed by atoms with van der Waals surface area (Å²) in [5, 5.41) is 7.65. The molecule has 0 spiro atoms. The van der Waals surface area contributed by atoms with Gasteiger partial charge in [-0.2, -0.15) is 0 Å².